The summed E-state index contributed by atoms with van der Waals surface area (Å²) < 4.78 is 1.47. The summed E-state index contributed by atoms with van der Waals surface area (Å²) in [4.78, 5) is 6.71. The maximum absolute atomic E-state index is 9.36. The molecule has 6 rings (SSSR count). The van der Waals surface area contributed by atoms with Crippen LogP contribution in [0.25, 0.3) is 18.2 Å². The number of unbranched alkanes of at least 4 members (excludes halogenated alkanes) is 2. The highest BCUT2D eigenvalue weighted by atomic mass is 32.1. The Hall–Kier alpha value is -3.81. The van der Waals surface area contributed by atoms with E-state index < -0.39 is 0 Å². The topological polar surface area (TPSA) is 30.3 Å². The van der Waals surface area contributed by atoms with E-state index in [4.69, 9.17) is 0 Å². The van der Waals surface area contributed by atoms with Crippen molar-refractivity contribution in [1.82, 2.24) is 4.90 Å². The lowest BCUT2D eigenvalue weighted by Crippen LogP contribution is -2.41. The van der Waals surface area contributed by atoms with Gasteiger partial charge in [-0.25, -0.2) is 0 Å². The Morgan fingerprint density at radius 1 is 1.12 bits per heavy atom. The molecule has 0 fully saturated rings. The molecule has 4 heteroatoms. The number of thiophene rings is 1. The average molecular weight is 558 g/mol. The highest BCUT2D eigenvalue weighted by Crippen LogP contribution is 2.38. The number of aryl methyl sites for hydroxylation is 1. The Labute approximate surface area is 248 Å². The first-order chi connectivity index (χ1) is 20.2. The fraction of sp³-hybridized carbons (Fsp3) is 0.324. The number of allylic oxidation sites excluding steroid dienone is 5. The van der Waals surface area contributed by atoms with E-state index in [0.717, 1.165) is 70.1 Å². The molecule has 0 saturated carbocycles. The number of nitriles is 1. The molecule has 2 aromatic rings. The Morgan fingerprint density at radius 3 is 2.80 bits per heavy atom. The zero-order valence-electron chi connectivity index (χ0n) is 24.1. The first kappa shape index (κ1) is 27.4. The van der Waals surface area contributed by atoms with Crippen LogP contribution in [-0.2, 0) is 6.42 Å². The SMILES string of the molecule is C=CCCCCN(C1=Cc2c(sc3c2=CCCC=3)CC1)C1=C2/C(C)=C/C=C\CN(c3ccc(C#N)cc3)C2CC=C1. The first-order valence-electron chi connectivity index (χ1n) is 15.1. The minimum Gasteiger partial charge on any atom is -0.360 e. The molecule has 1 aliphatic heterocycles. The lowest BCUT2D eigenvalue weighted by molar-refractivity contribution is 0.400. The van der Waals surface area contributed by atoms with Crippen LogP contribution < -0.4 is 14.7 Å². The molecule has 0 bridgehead atoms. The van der Waals surface area contributed by atoms with Gasteiger partial charge in [0.2, 0.25) is 0 Å². The van der Waals surface area contributed by atoms with E-state index in [9.17, 15) is 5.26 Å². The molecular weight excluding hydrogens is 518 g/mol. The second-order valence-corrected chi connectivity index (χ2v) is 12.5. The zero-order chi connectivity index (χ0) is 28.2. The number of anilines is 1. The van der Waals surface area contributed by atoms with E-state index in [-0.39, 0.29) is 6.04 Å². The first-order valence-corrected chi connectivity index (χ1v) is 15.9. The predicted molar refractivity (Wildman–Crippen MR) is 175 cm³/mol. The van der Waals surface area contributed by atoms with Gasteiger partial charge in [0.25, 0.3) is 0 Å². The van der Waals surface area contributed by atoms with Crippen molar-refractivity contribution >= 4 is 35.3 Å². The summed E-state index contributed by atoms with van der Waals surface area (Å²) in [7, 11) is 0. The van der Waals surface area contributed by atoms with Crippen LogP contribution in [0.3, 0.4) is 0 Å². The largest absolute Gasteiger partial charge is 0.360 e. The summed E-state index contributed by atoms with van der Waals surface area (Å²) in [6.45, 7) is 8.08. The average Bonchev–Trinajstić information content (AvgIpc) is 3.38. The number of hydrogen-bond donors (Lipinski definition) is 0. The molecule has 1 aromatic heterocycles. The van der Waals surface area contributed by atoms with Crippen molar-refractivity contribution in [3.63, 3.8) is 0 Å². The lowest BCUT2D eigenvalue weighted by atomic mass is 9.87. The van der Waals surface area contributed by atoms with E-state index in [0.29, 0.717) is 5.56 Å². The molecule has 0 radical (unpaired) electrons. The fourth-order valence-electron chi connectivity index (χ4n) is 6.63. The van der Waals surface area contributed by atoms with Gasteiger partial charge in [0.05, 0.1) is 17.7 Å². The van der Waals surface area contributed by atoms with Gasteiger partial charge in [0.1, 0.15) is 0 Å². The molecule has 1 unspecified atom stereocenters. The van der Waals surface area contributed by atoms with Gasteiger partial charge in [-0.1, -0.05) is 42.5 Å². The zero-order valence-corrected chi connectivity index (χ0v) is 24.9. The summed E-state index contributed by atoms with van der Waals surface area (Å²) in [5, 5.41) is 10.8. The van der Waals surface area contributed by atoms with Gasteiger partial charge >= 0.3 is 0 Å². The van der Waals surface area contributed by atoms with Crippen LogP contribution in [0.5, 0.6) is 0 Å². The monoisotopic (exact) mass is 557 g/mol. The molecule has 3 aliphatic carbocycles. The highest BCUT2D eigenvalue weighted by molar-refractivity contribution is 7.10. The standard InChI is InChI=1S/C37H39N3S/c1-3-4-5-9-23-40(30-21-22-36-32(25-30)31-13-6-7-16-35(31)41-36)34-15-11-14-33-37(34)27(2)12-8-10-24-39(33)29-19-17-28(26-38)18-20-29/h3,8,10-13,15-20,25,33H,1,4-7,9,14,21-24H2,2H3/b10-8-,27-12+. The molecule has 1 aromatic carbocycles. The maximum Gasteiger partial charge on any atom is 0.0991 e. The van der Waals surface area contributed by atoms with Crippen LogP contribution in [0.4, 0.5) is 5.69 Å². The number of nitrogens with zero attached hydrogens (tertiary/aromatic N) is 3. The quantitative estimate of drug-likeness (QED) is 0.248. The van der Waals surface area contributed by atoms with E-state index in [1.54, 1.807) is 4.88 Å². The Morgan fingerprint density at radius 2 is 1.98 bits per heavy atom. The number of hydrogen-bond acceptors (Lipinski definition) is 4. The van der Waals surface area contributed by atoms with Gasteiger partial charge in [-0.3, -0.25) is 0 Å². The number of fused-ring (bicyclic) bond motifs is 4. The van der Waals surface area contributed by atoms with Crippen LogP contribution in [0.15, 0.2) is 89.8 Å². The van der Waals surface area contributed by atoms with Crippen LogP contribution in [0.1, 0.15) is 67.9 Å². The second kappa shape index (κ2) is 12.4. The molecule has 1 atom stereocenters. The Bertz CT molecular complexity index is 1630. The molecule has 41 heavy (non-hydrogen) atoms. The lowest BCUT2D eigenvalue weighted by Gasteiger charge is -2.41. The van der Waals surface area contributed by atoms with Crippen LogP contribution in [0.2, 0.25) is 0 Å². The summed E-state index contributed by atoms with van der Waals surface area (Å²) in [5.41, 5.74) is 8.86. The fourth-order valence-corrected chi connectivity index (χ4v) is 7.88. The summed E-state index contributed by atoms with van der Waals surface area (Å²) in [5.74, 6) is 0. The van der Waals surface area contributed by atoms with Gasteiger partial charge < -0.3 is 9.80 Å². The minimum absolute atomic E-state index is 0.233. The van der Waals surface area contributed by atoms with E-state index in [1.807, 2.05) is 29.5 Å². The number of rotatable bonds is 8. The summed E-state index contributed by atoms with van der Waals surface area (Å²) >= 11 is 2.01. The van der Waals surface area contributed by atoms with Crippen molar-refractivity contribution in [2.24, 2.45) is 0 Å². The van der Waals surface area contributed by atoms with E-state index >= 15 is 0 Å². The van der Waals surface area contributed by atoms with Crippen molar-refractivity contribution in [2.75, 3.05) is 18.0 Å². The number of benzene rings is 1. The van der Waals surface area contributed by atoms with Gasteiger partial charge in [-0.15, -0.1) is 17.9 Å². The molecule has 0 N–H and O–H groups in total. The Balaban J connectivity index is 1.46. The molecule has 0 saturated heterocycles. The van der Waals surface area contributed by atoms with Gasteiger partial charge in [-0.2, -0.15) is 5.26 Å². The van der Waals surface area contributed by atoms with Crippen molar-refractivity contribution in [3.8, 4) is 6.07 Å². The normalized spacial score (nSPS) is 21.4. The second-order valence-electron chi connectivity index (χ2n) is 11.3. The minimum atomic E-state index is 0.233. The molecule has 208 valence electrons. The van der Waals surface area contributed by atoms with Gasteiger partial charge in [0, 0.05) is 45.2 Å². The Kier molecular flexibility index (Phi) is 8.26. The maximum atomic E-state index is 9.36. The molecule has 4 aliphatic rings. The summed E-state index contributed by atoms with van der Waals surface area (Å²) in [6, 6.07) is 10.6. The molecule has 2 heterocycles. The third-order valence-electron chi connectivity index (χ3n) is 8.69. The van der Waals surface area contributed by atoms with Crippen LogP contribution >= 0.6 is 11.3 Å². The van der Waals surface area contributed by atoms with Crippen LogP contribution in [-0.4, -0.2) is 24.0 Å². The predicted octanol–water partition coefficient (Wildman–Crippen LogP) is 7.53. The van der Waals surface area contributed by atoms with Crippen molar-refractivity contribution in [2.45, 2.75) is 64.3 Å². The molecule has 0 amide bonds. The van der Waals surface area contributed by atoms with E-state index in [1.165, 1.54) is 37.9 Å². The van der Waals surface area contributed by atoms with Crippen molar-refractivity contribution in [3.05, 3.63) is 116 Å². The molecule has 0 spiro atoms. The third kappa shape index (κ3) is 5.56. The third-order valence-corrected chi connectivity index (χ3v) is 9.97. The molecule has 3 nitrogen and oxygen atoms in total. The summed E-state index contributed by atoms with van der Waals surface area (Å²) in [6.07, 6.45) is 29.8. The van der Waals surface area contributed by atoms with Crippen LogP contribution in [0, 0.1) is 11.3 Å². The highest BCUT2D eigenvalue weighted by Gasteiger charge is 2.31. The smallest absolute Gasteiger partial charge is 0.0991 e. The van der Waals surface area contributed by atoms with Gasteiger partial charge in [0.15, 0.2) is 0 Å². The van der Waals surface area contributed by atoms with Crippen molar-refractivity contribution in [1.29, 1.82) is 5.26 Å². The van der Waals surface area contributed by atoms with Gasteiger partial charge in [-0.05, 0) is 111 Å². The van der Waals surface area contributed by atoms with Crippen molar-refractivity contribution < 1.29 is 0 Å². The molecular formula is C37H39N3S. The van der Waals surface area contributed by atoms with E-state index in [2.05, 4.69) is 90.1 Å².